The van der Waals surface area contributed by atoms with E-state index in [0.717, 1.165) is 42.6 Å². The minimum absolute atomic E-state index is 0.0874. The largest absolute Gasteiger partial charge is 0.378 e. The van der Waals surface area contributed by atoms with Crippen molar-refractivity contribution in [3.05, 3.63) is 41.2 Å². The third-order valence-corrected chi connectivity index (χ3v) is 4.35. The lowest BCUT2D eigenvalue weighted by Gasteiger charge is -2.13. The molecule has 3 rings (SSSR count). The summed E-state index contributed by atoms with van der Waals surface area (Å²) in [6.07, 6.45) is 3.97. The normalized spacial score (nSPS) is 13.0. The number of rotatable bonds is 5. The molecule has 0 aliphatic heterocycles. The molecule has 1 aliphatic carbocycles. The number of carbonyl (C=O) groups excluding carboxylic acids is 2. The quantitative estimate of drug-likeness (QED) is 0.772. The molecule has 132 valence electrons. The van der Waals surface area contributed by atoms with Gasteiger partial charge in [-0.1, -0.05) is 0 Å². The molecule has 0 saturated heterocycles. The third kappa shape index (κ3) is 3.99. The Bertz CT molecular complexity index is 764. The number of benzene rings is 1. The Morgan fingerprint density at radius 3 is 2.60 bits per heavy atom. The van der Waals surface area contributed by atoms with Crippen LogP contribution in [0.15, 0.2) is 24.3 Å². The van der Waals surface area contributed by atoms with Crippen LogP contribution in [0.5, 0.6) is 0 Å². The van der Waals surface area contributed by atoms with Gasteiger partial charge in [0, 0.05) is 36.7 Å². The van der Waals surface area contributed by atoms with Gasteiger partial charge in [0.25, 0.3) is 5.91 Å². The van der Waals surface area contributed by atoms with E-state index < -0.39 is 0 Å². The summed E-state index contributed by atoms with van der Waals surface area (Å²) < 4.78 is 0. The molecule has 2 aromatic rings. The van der Waals surface area contributed by atoms with Gasteiger partial charge in [-0.15, -0.1) is 0 Å². The molecule has 0 radical (unpaired) electrons. The molecule has 7 heteroatoms. The van der Waals surface area contributed by atoms with Crippen molar-refractivity contribution < 1.29 is 9.59 Å². The van der Waals surface area contributed by atoms with Crippen molar-refractivity contribution in [2.24, 2.45) is 0 Å². The van der Waals surface area contributed by atoms with E-state index in [0.29, 0.717) is 11.4 Å². The number of aromatic amines is 1. The highest BCUT2D eigenvalue weighted by Crippen LogP contribution is 2.22. The summed E-state index contributed by atoms with van der Waals surface area (Å²) in [5.41, 5.74) is 4.19. The smallest absolute Gasteiger partial charge is 0.272 e. The molecule has 0 fully saturated rings. The molecule has 0 spiro atoms. The number of hydrogen-bond acceptors (Lipinski definition) is 4. The maximum absolute atomic E-state index is 12.3. The predicted octanol–water partition coefficient (Wildman–Crippen LogP) is 1.72. The van der Waals surface area contributed by atoms with Crippen molar-refractivity contribution in [2.45, 2.75) is 25.7 Å². The summed E-state index contributed by atoms with van der Waals surface area (Å²) in [6, 6.07) is 7.51. The molecular formula is C18H23N5O2. The number of carbonyl (C=O) groups is 2. The van der Waals surface area contributed by atoms with E-state index in [9.17, 15) is 9.59 Å². The first-order valence-electron chi connectivity index (χ1n) is 8.46. The van der Waals surface area contributed by atoms with Crippen molar-refractivity contribution in [3.8, 4) is 0 Å². The molecule has 2 amide bonds. The fraction of sp³-hybridized carbons (Fsp3) is 0.389. The lowest BCUT2D eigenvalue weighted by Crippen LogP contribution is -2.33. The van der Waals surface area contributed by atoms with Crippen LogP contribution in [-0.4, -0.2) is 42.7 Å². The molecule has 0 saturated carbocycles. The number of nitrogens with zero attached hydrogens (tertiary/aromatic N) is 2. The SMILES string of the molecule is CN(C)c1ccc(NC(=O)CNC(=O)c2n[nH]c3c2CCCC3)cc1. The number of amides is 2. The van der Waals surface area contributed by atoms with Crippen LogP contribution in [0.2, 0.25) is 0 Å². The van der Waals surface area contributed by atoms with Gasteiger partial charge in [-0.2, -0.15) is 5.10 Å². The van der Waals surface area contributed by atoms with E-state index in [2.05, 4.69) is 20.8 Å². The van der Waals surface area contributed by atoms with Gasteiger partial charge < -0.3 is 15.5 Å². The number of hydrogen-bond donors (Lipinski definition) is 3. The van der Waals surface area contributed by atoms with Crippen molar-refractivity contribution in [3.63, 3.8) is 0 Å². The van der Waals surface area contributed by atoms with Gasteiger partial charge in [0.05, 0.1) is 6.54 Å². The molecule has 3 N–H and O–H groups in total. The molecule has 0 bridgehead atoms. The highest BCUT2D eigenvalue weighted by molar-refractivity contribution is 5.99. The highest BCUT2D eigenvalue weighted by Gasteiger charge is 2.21. The van der Waals surface area contributed by atoms with Crippen molar-refractivity contribution in [2.75, 3.05) is 30.9 Å². The molecule has 1 heterocycles. The maximum atomic E-state index is 12.3. The lowest BCUT2D eigenvalue weighted by atomic mass is 9.96. The van der Waals surface area contributed by atoms with Crippen LogP contribution in [0.3, 0.4) is 0 Å². The Morgan fingerprint density at radius 1 is 1.16 bits per heavy atom. The van der Waals surface area contributed by atoms with Crippen molar-refractivity contribution in [1.82, 2.24) is 15.5 Å². The first-order chi connectivity index (χ1) is 12.0. The summed E-state index contributed by atoms with van der Waals surface area (Å²) in [5.74, 6) is -0.576. The summed E-state index contributed by atoms with van der Waals surface area (Å²) >= 11 is 0. The second-order valence-electron chi connectivity index (χ2n) is 6.41. The molecule has 0 unspecified atom stereocenters. The zero-order valence-corrected chi connectivity index (χ0v) is 14.6. The number of H-pyrrole nitrogens is 1. The zero-order valence-electron chi connectivity index (χ0n) is 14.6. The fourth-order valence-corrected chi connectivity index (χ4v) is 2.96. The van der Waals surface area contributed by atoms with Crippen LogP contribution in [0.1, 0.15) is 34.6 Å². The monoisotopic (exact) mass is 341 g/mol. The van der Waals surface area contributed by atoms with Crippen LogP contribution >= 0.6 is 0 Å². The summed E-state index contributed by atoms with van der Waals surface area (Å²) in [5, 5.41) is 12.5. The van der Waals surface area contributed by atoms with E-state index in [-0.39, 0.29) is 18.4 Å². The molecule has 0 atom stereocenters. The Hall–Kier alpha value is -2.83. The third-order valence-electron chi connectivity index (χ3n) is 4.35. The van der Waals surface area contributed by atoms with Crippen LogP contribution in [0.4, 0.5) is 11.4 Å². The van der Waals surface area contributed by atoms with Gasteiger partial charge in [-0.3, -0.25) is 14.7 Å². The second-order valence-corrected chi connectivity index (χ2v) is 6.41. The van der Waals surface area contributed by atoms with Gasteiger partial charge >= 0.3 is 0 Å². The van der Waals surface area contributed by atoms with Crippen LogP contribution in [0, 0.1) is 0 Å². The van der Waals surface area contributed by atoms with E-state index in [1.165, 1.54) is 0 Å². The number of anilines is 2. The second kappa shape index (κ2) is 7.38. The van der Waals surface area contributed by atoms with Gasteiger partial charge in [0.2, 0.25) is 5.91 Å². The number of nitrogens with one attached hydrogen (secondary N) is 3. The Labute approximate surface area is 146 Å². The Balaban J connectivity index is 1.53. The van der Waals surface area contributed by atoms with Crippen LogP contribution in [0.25, 0.3) is 0 Å². The van der Waals surface area contributed by atoms with Gasteiger partial charge in [-0.05, 0) is 49.9 Å². The van der Waals surface area contributed by atoms with E-state index in [4.69, 9.17) is 0 Å². The average molecular weight is 341 g/mol. The summed E-state index contributed by atoms with van der Waals surface area (Å²) in [7, 11) is 3.91. The maximum Gasteiger partial charge on any atom is 0.272 e. The first kappa shape index (κ1) is 17.0. The molecule has 1 aromatic heterocycles. The predicted molar refractivity (Wildman–Crippen MR) is 97.0 cm³/mol. The average Bonchev–Trinajstić information content (AvgIpc) is 3.04. The highest BCUT2D eigenvalue weighted by atomic mass is 16.2. The van der Waals surface area contributed by atoms with E-state index in [1.54, 1.807) is 0 Å². The summed E-state index contributed by atoms with van der Waals surface area (Å²) in [6.45, 7) is -0.0874. The van der Waals surface area contributed by atoms with Crippen molar-refractivity contribution >= 4 is 23.2 Å². The summed E-state index contributed by atoms with van der Waals surface area (Å²) in [4.78, 5) is 26.3. The number of aromatic nitrogens is 2. The Kier molecular flexibility index (Phi) is 5.02. The molecule has 7 nitrogen and oxygen atoms in total. The molecular weight excluding hydrogens is 318 g/mol. The van der Waals surface area contributed by atoms with Gasteiger partial charge in [0.1, 0.15) is 0 Å². The number of aryl methyl sites for hydroxylation is 1. The minimum Gasteiger partial charge on any atom is -0.378 e. The van der Waals surface area contributed by atoms with E-state index >= 15 is 0 Å². The standard InChI is InChI=1S/C18H23N5O2/c1-23(2)13-9-7-12(8-10-13)20-16(24)11-19-18(25)17-14-5-3-4-6-15(14)21-22-17/h7-10H,3-6,11H2,1-2H3,(H,19,25)(H,20,24)(H,21,22). The molecule has 25 heavy (non-hydrogen) atoms. The zero-order chi connectivity index (χ0) is 17.8. The fourth-order valence-electron chi connectivity index (χ4n) is 2.96. The Morgan fingerprint density at radius 2 is 1.88 bits per heavy atom. The van der Waals surface area contributed by atoms with Crippen LogP contribution < -0.4 is 15.5 Å². The number of fused-ring (bicyclic) bond motifs is 1. The molecule has 1 aliphatic rings. The first-order valence-corrected chi connectivity index (χ1v) is 8.46. The van der Waals surface area contributed by atoms with E-state index in [1.807, 2.05) is 43.3 Å². The lowest BCUT2D eigenvalue weighted by molar-refractivity contribution is -0.115. The topological polar surface area (TPSA) is 90.1 Å². The van der Waals surface area contributed by atoms with Crippen LogP contribution in [-0.2, 0) is 17.6 Å². The van der Waals surface area contributed by atoms with Crippen molar-refractivity contribution in [1.29, 1.82) is 0 Å². The minimum atomic E-state index is -0.308. The molecule has 1 aromatic carbocycles. The van der Waals surface area contributed by atoms with Gasteiger partial charge in [0.15, 0.2) is 5.69 Å². The van der Waals surface area contributed by atoms with Gasteiger partial charge in [-0.25, -0.2) is 0 Å².